The zero-order chi connectivity index (χ0) is 29.3. The lowest BCUT2D eigenvalue weighted by Crippen LogP contribution is -2.51. The Bertz CT molecular complexity index is 1410. The van der Waals surface area contributed by atoms with Gasteiger partial charge in [-0.3, -0.25) is 13.9 Å². The van der Waals surface area contributed by atoms with Crippen molar-refractivity contribution in [2.75, 3.05) is 24.0 Å². The molecule has 0 aliphatic heterocycles. The van der Waals surface area contributed by atoms with Crippen molar-refractivity contribution in [2.45, 2.75) is 51.6 Å². The van der Waals surface area contributed by atoms with E-state index in [2.05, 4.69) is 5.32 Å². The second-order valence-electron chi connectivity index (χ2n) is 9.31. The molecule has 1 N–H and O–H groups in total. The van der Waals surface area contributed by atoms with E-state index in [1.54, 1.807) is 49.4 Å². The zero-order valence-electron chi connectivity index (χ0n) is 23.3. The quantitative estimate of drug-likeness (QED) is 0.323. The first kappa shape index (κ1) is 30.6. The third-order valence-corrected chi connectivity index (χ3v) is 8.11. The number of carbonyl (C=O) groups excluding carboxylic acids is 2. The maximum atomic E-state index is 14.6. The maximum absolute atomic E-state index is 14.6. The molecule has 40 heavy (non-hydrogen) atoms. The fraction of sp³-hybridized carbons (Fsp3) is 0.333. The monoisotopic (exact) mass is 569 g/mol. The molecule has 0 aliphatic carbocycles. The molecule has 0 fully saturated rings. The first-order valence-corrected chi connectivity index (χ1v) is 14.7. The number of anilines is 1. The molecular formula is C30H36FN3O5S. The molecule has 0 saturated carbocycles. The molecule has 0 unspecified atom stereocenters. The lowest BCUT2D eigenvalue weighted by Gasteiger charge is -2.32. The summed E-state index contributed by atoms with van der Waals surface area (Å²) in [6.07, 6.45) is 0.691. The number of para-hydroxylation sites is 2. The largest absolute Gasteiger partial charge is 0.492 e. The van der Waals surface area contributed by atoms with Crippen LogP contribution in [0.3, 0.4) is 0 Å². The Labute approximate surface area is 235 Å². The van der Waals surface area contributed by atoms with E-state index in [1.165, 1.54) is 42.2 Å². The zero-order valence-corrected chi connectivity index (χ0v) is 24.1. The molecular weight excluding hydrogens is 533 g/mol. The van der Waals surface area contributed by atoms with Crippen LogP contribution >= 0.6 is 0 Å². The van der Waals surface area contributed by atoms with Crippen molar-refractivity contribution < 1.29 is 27.1 Å². The SMILES string of the molecule is CCCNC(=O)[C@H](C)N(Cc1ccccc1F)C(=O)CN(c1ccccc1OCC)S(=O)(=O)c1ccc(C)cc1. The summed E-state index contributed by atoms with van der Waals surface area (Å²) in [6, 6.07) is 17.8. The predicted octanol–water partition coefficient (Wildman–Crippen LogP) is 4.67. The van der Waals surface area contributed by atoms with Gasteiger partial charge in [-0.15, -0.1) is 0 Å². The minimum Gasteiger partial charge on any atom is -0.492 e. The maximum Gasteiger partial charge on any atom is 0.264 e. The van der Waals surface area contributed by atoms with Gasteiger partial charge in [0, 0.05) is 18.7 Å². The van der Waals surface area contributed by atoms with Gasteiger partial charge in [0.15, 0.2) is 0 Å². The Hall–Kier alpha value is -3.92. The standard InChI is InChI=1S/C30H36FN3O5S/c1-5-19-32-30(36)23(4)33(20-24-11-7-8-12-26(24)31)29(35)21-34(27-13-9-10-14-28(27)39-6-2)40(37,38)25-17-15-22(3)16-18-25/h7-18,23H,5-6,19-21H2,1-4H3,(H,32,36)/t23-/m0/s1. The van der Waals surface area contributed by atoms with Crippen molar-refractivity contribution in [1.29, 1.82) is 0 Å². The van der Waals surface area contributed by atoms with Crippen LogP contribution in [-0.2, 0) is 26.2 Å². The van der Waals surface area contributed by atoms with Crippen LogP contribution in [0.25, 0.3) is 0 Å². The first-order valence-electron chi connectivity index (χ1n) is 13.2. The molecule has 1 atom stereocenters. The van der Waals surface area contributed by atoms with E-state index >= 15 is 0 Å². The number of nitrogens with one attached hydrogen (secondary N) is 1. The molecule has 2 amide bonds. The summed E-state index contributed by atoms with van der Waals surface area (Å²) < 4.78 is 49.3. The normalized spacial score (nSPS) is 11.9. The van der Waals surface area contributed by atoms with E-state index in [-0.39, 0.29) is 35.0 Å². The number of rotatable bonds is 13. The highest BCUT2D eigenvalue weighted by Gasteiger charge is 2.34. The molecule has 214 valence electrons. The van der Waals surface area contributed by atoms with E-state index < -0.39 is 40.2 Å². The van der Waals surface area contributed by atoms with Gasteiger partial charge in [0.1, 0.15) is 24.2 Å². The number of carbonyl (C=O) groups is 2. The highest BCUT2D eigenvalue weighted by Crippen LogP contribution is 2.33. The highest BCUT2D eigenvalue weighted by atomic mass is 32.2. The predicted molar refractivity (Wildman–Crippen MR) is 153 cm³/mol. The van der Waals surface area contributed by atoms with Crippen molar-refractivity contribution in [3.05, 3.63) is 89.7 Å². The summed E-state index contributed by atoms with van der Waals surface area (Å²) in [7, 11) is -4.25. The Morgan fingerprint density at radius 1 is 0.975 bits per heavy atom. The van der Waals surface area contributed by atoms with Gasteiger partial charge in [-0.2, -0.15) is 0 Å². The minimum absolute atomic E-state index is 0.00778. The number of aryl methyl sites for hydroxylation is 1. The number of benzene rings is 3. The average Bonchev–Trinajstić information content (AvgIpc) is 2.94. The average molecular weight is 570 g/mol. The molecule has 0 saturated heterocycles. The van der Waals surface area contributed by atoms with E-state index in [1.807, 2.05) is 13.8 Å². The number of halogens is 1. The lowest BCUT2D eigenvalue weighted by atomic mass is 10.1. The number of ether oxygens (including phenoxy) is 1. The first-order chi connectivity index (χ1) is 19.1. The fourth-order valence-corrected chi connectivity index (χ4v) is 5.50. The van der Waals surface area contributed by atoms with Gasteiger partial charge in [-0.25, -0.2) is 12.8 Å². The number of amides is 2. The minimum atomic E-state index is -4.25. The summed E-state index contributed by atoms with van der Waals surface area (Å²) in [4.78, 5) is 28.0. The van der Waals surface area contributed by atoms with Crippen LogP contribution in [0.15, 0.2) is 77.7 Å². The molecule has 3 rings (SSSR count). The van der Waals surface area contributed by atoms with Crippen LogP contribution in [0.2, 0.25) is 0 Å². The van der Waals surface area contributed by atoms with Crippen molar-refractivity contribution >= 4 is 27.5 Å². The van der Waals surface area contributed by atoms with E-state index in [0.29, 0.717) is 13.0 Å². The Kier molecular flexibility index (Phi) is 10.7. The second kappa shape index (κ2) is 13.9. The molecule has 0 heterocycles. The van der Waals surface area contributed by atoms with Crippen molar-refractivity contribution in [1.82, 2.24) is 10.2 Å². The number of nitrogens with zero attached hydrogens (tertiary/aromatic N) is 2. The molecule has 0 aliphatic rings. The van der Waals surface area contributed by atoms with Crippen LogP contribution in [0.4, 0.5) is 10.1 Å². The lowest BCUT2D eigenvalue weighted by molar-refractivity contribution is -0.139. The number of sulfonamides is 1. The van der Waals surface area contributed by atoms with Gasteiger partial charge >= 0.3 is 0 Å². The van der Waals surface area contributed by atoms with Crippen LogP contribution in [0.1, 0.15) is 38.3 Å². The summed E-state index contributed by atoms with van der Waals surface area (Å²) in [5, 5.41) is 2.76. The Morgan fingerprint density at radius 3 is 2.27 bits per heavy atom. The Balaban J connectivity index is 2.08. The van der Waals surface area contributed by atoms with Crippen LogP contribution < -0.4 is 14.4 Å². The van der Waals surface area contributed by atoms with Crippen molar-refractivity contribution in [3.63, 3.8) is 0 Å². The topological polar surface area (TPSA) is 96.0 Å². The van der Waals surface area contributed by atoms with Crippen LogP contribution in [-0.4, -0.2) is 50.9 Å². The second-order valence-corrected chi connectivity index (χ2v) is 11.2. The summed E-state index contributed by atoms with van der Waals surface area (Å²) in [5.41, 5.74) is 1.25. The summed E-state index contributed by atoms with van der Waals surface area (Å²) >= 11 is 0. The molecule has 3 aromatic rings. The van der Waals surface area contributed by atoms with E-state index in [4.69, 9.17) is 4.74 Å². The molecule has 0 spiro atoms. The summed E-state index contributed by atoms with van der Waals surface area (Å²) in [5.74, 6) is -1.35. The van der Waals surface area contributed by atoms with E-state index in [9.17, 15) is 22.4 Å². The highest BCUT2D eigenvalue weighted by molar-refractivity contribution is 7.92. The third kappa shape index (κ3) is 7.38. The molecule has 10 heteroatoms. The van der Waals surface area contributed by atoms with Crippen LogP contribution in [0, 0.1) is 12.7 Å². The van der Waals surface area contributed by atoms with Gasteiger partial charge in [-0.1, -0.05) is 55.0 Å². The van der Waals surface area contributed by atoms with Crippen molar-refractivity contribution in [3.8, 4) is 5.75 Å². The number of hydrogen-bond acceptors (Lipinski definition) is 5. The number of hydrogen-bond donors (Lipinski definition) is 1. The fourth-order valence-electron chi connectivity index (χ4n) is 4.08. The molecule has 0 radical (unpaired) electrons. The van der Waals surface area contributed by atoms with Gasteiger partial charge in [0.05, 0.1) is 17.2 Å². The molecule has 0 bridgehead atoms. The van der Waals surface area contributed by atoms with Gasteiger partial charge in [0.2, 0.25) is 11.8 Å². The van der Waals surface area contributed by atoms with E-state index in [0.717, 1.165) is 9.87 Å². The molecule has 8 nitrogen and oxygen atoms in total. The van der Waals surface area contributed by atoms with Crippen LogP contribution in [0.5, 0.6) is 5.75 Å². The van der Waals surface area contributed by atoms with Gasteiger partial charge < -0.3 is 15.0 Å². The van der Waals surface area contributed by atoms with Gasteiger partial charge in [-0.05, 0) is 57.5 Å². The molecule has 3 aromatic carbocycles. The van der Waals surface area contributed by atoms with Gasteiger partial charge in [0.25, 0.3) is 10.0 Å². The smallest absolute Gasteiger partial charge is 0.264 e. The Morgan fingerprint density at radius 2 is 1.62 bits per heavy atom. The summed E-state index contributed by atoms with van der Waals surface area (Å²) in [6.45, 7) is 6.87. The third-order valence-electron chi connectivity index (χ3n) is 6.34. The molecule has 0 aromatic heterocycles. The van der Waals surface area contributed by atoms with Crippen molar-refractivity contribution in [2.24, 2.45) is 0 Å².